The lowest BCUT2D eigenvalue weighted by atomic mass is 10.0. The van der Waals surface area contributed by atoms with Crippen LogP contribution in [0.4, 0.5) is 11.4 Å². The summed E-state index contributed by atoms with van der Waals surface area (Å²) in [7, 11) is 0. The summed E-state index contributed by atoms with van der Waals surface area (Å²) in [4.78, 5) is 26.8. The summed E-state index contributed by atoms with van der Waals surface area (Å²) in [6.07, 6.45) is 0.863. The molecule has 0 radical (unpaired) electrons. The van der Waals surface area contributed by atoms with Crippen LogP contribution in [-0.4, -0.2) is 24.4 Å². The van der Waals surface area contributed by atoms with Gasteiger partial charge < -0.3 is 16.0 Å². The van der Waals surface area contributed by atoms with Gasteiger partial charge in [-0.25, -0.2) is 0 Å². The number of nitrogens with two attached hydrogens (primary N) is 1. The fraction of sp³-hybridized carbons (Fsp3) is 0.300. The predicted octanol–water partition coefficient (Wildman–Crippen LogP) is 2.81. The van der Waals surface area contributed by atoms with E-state index in [2.05, 4.69) is 5.32 Å². The van der Waals surface area contributed by atoms with E-state index in [9.17, 15) is 9.59 Å². The molecule has 2 amide bonds. The first kappa shape index (κ1) is 17.2. The van der Waals surface area contributed by atoms with Crippen molar-refractivity contribution in [2.45, 2.75) is 26.3 Å². The summed E-state index contributed by atoms with van der Waals surface area (Å²) < 4.78 is 0. The van der Waals surface area contributed by atoms with Gasteiger partial charge >= 0.3 is 0 Å². The fourth-order valence-electron chi connectivity index (χ4n) is 2.96. The van der Waals surface area contributed by atoms with Crippen LogP contribution in [0.2, 0.25) is 0 Å². The van der Waals surface area contributed by atoms with Crippen molar-refractivity contribution in [3.05, 3.63) is 59.7 Å². The predicted molar refractivity (Wildman–Crippen MR) is 99.7 cm³/mol. The maximum Gasteiger partial charge on any atom is 0.258 e. The Morgan fingerprint density at radius 2 is 1.88 bits per heavy atom. The molecule has 0 fully saturated rings. The molecule has 1 aliphatic heterocycles. The van der Waals surface area contributed by atoms with Gasteiger partial charge in [-0.2, -0.15) is 0 Å². The number of rotatable bonds is 4. The van der Waals surface area contributed by atoms with Gasteiger partial charge in [0.05, 0.1) is 6.04 Å². The van der Waals surface area contributed by atoms with Crippen LogP contribution in [0.1, 0.15) is 29.8 Å². The van der Waals surface area contributed by atoms with E-state index >= 15 is 0 Å². The van der Waals surface area contributed by atoms with Crippen molar-refractivity contribution in [3.8, 4) is 0 Å². The first-order valence-electron chi connectivity index (χ1n) is 8.53. The molecule has 1 atom stereocenters. The molecule has 130 valence electrons. The monoisotopic (exact) mass is 337 g/mol. The summed E-state index contributed by atoms with van der Waals surface area (Å²) in [5.74, 6) is -0.258. The quantitative estimate of drug-likeness (QED) is 0.901. The van der Waals surface area contributed by atoms with Gasteiger partial charge in [0.2, 0.25) is 5.91 Å². The number of benzene rings is 2. The van der Waals surface area contributed by atoms with Crippen molar-refractivity contribution < 1.29 is 9.59 Å². The molecule has 3 N–H and O–H groups in total. The second-order valence-electron chi connectivity index (χ2n) is 6.68. The Labute approximate surface area is 147 Å². The third-order valence-electron chi connectivity index (χ3n) is 4.53. The van der Waals surface area contributed by atoms with Gasteiger partial charge in [0, 0.05) is 23.5 Å². The second-order valence-corrected chi connectivity index (χ2v) is 6.68. The van der Waals surface area contributed by atoms with Crippen molar-refractivity contribution in [2.24, 2.45) is 11.7 Å². The first-order valence-corrected chi connectivity index (χ1v) is 8.53. The third kappa shape index (κ3) is 3.56. The SMILES string of the molecule is CC(C)[C@H](N)C(=O)Nc1cccc(C(=O)N2CCc3ccccc32)c1. The van der Waals surface area contributed by atoms with Gasteiger partial charge in [0.25, 0.3) is 5.91 Å². The number of carbonyl (C=O) groups excluding carboxylic acids is 2. The number of hydrogen-bond acceptors (Lipinski definition) is 3. The summed E-state index contributed by atoms with van der Waals surface area (Å²) in [6, 6.07) is 14.4. The number of nitrogens with one attached hydrogen (secondary N) is 1. The molecule has 0 bridgehead atoms. The Kier molecular flexibility index (Phi) is 4.86. The Morgan fingerprint density at radius 3 is 2.64 bits per heavy atom. The molecule has 2 aromatic carbocycles. The molecular formula is C20H23N3O2. The summed E-state index contributed by atoms with van der Waals surface area (Å²) in [5.41, 5.74) is 9.15. The van der Waals surface area contributed by atoms with Crippen molar-refractivity contribution in [1.29, 1.82) is 0 Å². The van der Waals surface area contributed by atoms with E-state index in [-0.39, 0.29) is 17.7 Å². The minimum Gasteiger partial charge on any atom is -0.325 e. The Hall–Kier alpha value is -2.66. The minimum atomic E-state index is -0.579. The molecule has 5 nitrogen and oxygen atoms in total. The van der Waals surface area contributed by atoms with Gasteiger partial charge in [0.15, 0.2) is 0 Å². The van der Waals surface area contributed by atoms with Gasteiger partial charge in [0.1, 0.15) is 0 Å². The average Bonchev–Trinajstić information content (AvgIpc) is 3.04. The lowest BCUT2D eigenvalue weighted by Crippen LogP contribution is -2.39. The van der Waals surface area contributed by atoms with Crippen molar-refractivity contribution in [3.63, 3.8) is 0 Å². The maximum absolute atomic E-state index is 12.9. The van der Waals surface area contributed by atoms with E-state index in [1.807, 2.05) is 38.1 Å². The number of fused-ring (bicyclic) bond motifs is 1. The maximum atomic E-state index is 12.9. The molecular weight excluding hydrogens is 314 g/mol. The van der Waals surface area contributed by atoms with Crippen LogP contribution in [0, 0.1) is 5.92 Å². The summed E-state index contributed by atoms with van der Waals surface area (Å²) in [6.45, 7) is 4.47. The highest BCUT2D eigenvalue weighted by atomic mass is 16.2. The molecule has 1 heterocycles. The summed E-state index contributed by atoms with van der Waals surface area (Å²) in [5, 5.41) is 2.79. The lowest BCUT2D eigenvalue weighted by Gasteiger charge is -2.18. The molecule has 0 saturated heterocycles. The highest BCUT2D eigenvalue weighted by molar-refractivity contribution is 6.08. The zero-order valence-electron chi connectivity index (χ0n) is 14.5. The molecule has 0 unspecified atom stereocenters. The lowest BCUT2D eigenvalue weighted by molar-refractivity contribution is -0.118. The van der Waals surface area contributed by atoms with Gasteiger partial charge in [-0.05, 0) is 42.2 Å². The van der Waals surface area contributed by atoms with Crippen LogP contribution < -0.4 is 16.0 Å². The Bertz CT molecular complexity index is 801. The normalized spacial score (nSPS) is 14.3. The zero-order chi connectivity index (χ0) is 18.0. The topological polar surface area (TPSA) is 75.4 Å². The molecule has 2 aromatic rings. The molecule has 1 aliphatic rings. The third-order valence-corrected chi connectivity index (χ3v) is 4.53. The molecule has 5 heteroatoms. The fourth-order valence-corrected chi connectivity index (χ4v) is 2.96. The molecule has 3 rings (SSSR count). The van der Waals surface area contributed by atoms with Crippen LogP contribution in [0.25, 0.3) is 0 Å². The Morgan fingerprint density at radius 1 is 1.12 bits per heavy atom. The van der Waals surface area contributed by atoms with Crippen LogP contribution in [0.5, 0.6) is 0 Å². The van der Waals surface area contributed by atoms with Crippen LogP contribution in [-0.2, 0) is 11.2 Å². The van der Waals surface area contributed by atoms with Gasteiger partial charge in [-0.3, -0.25) is 9.59 Å². The van der Waals surface area contributed by atoms with E-state index in [1.165, 1.54) is 5.56 Å². The van der Waals surface area contributed by atoms with Crippen LogP contribution in [0.3, 0.4) is 0 Å². The standard InChI is InChI=1S/C20H23N3O2/c1-13(2)18(21)19(24)22-16-8-5-7-15(12-16)20(25)23-11-10-14-6-3-4-9-17(14)23/h3-9,12-13,18H,10-11,21H2,1-2H3,(H,22,24)/t18-/m0/s1. The largest absolute Gasteiger partial charge is 0.325 e. The van der Waals surface area contributed by atoms with E-state index in [0.717, 1.165) is 12.1 Å². The van der Waals surface area contributed by atoms with Crippen molar-refractivity contribution in [2.75, 3.05) is 16.8 Å². The highest BCUT2D eigenvalue weighted by Crippen LogP contribution is 2.29. The number of para-hydroxylation sites is 1. The van der Waals surface area contributed by atoms with E-state index in [1.54, 1.807) is 29.2 Å². The molecule has 25 heavy (non-hydrogen) atoms. The zero-order valence-corrected chi connectivity index (χ0v) is 14.5. The number of nitrogens with zero attached hydrogens (tertiary/aromatic N) is 1. The molecule has 0 aliphatic carbocycles. The van der Waals surface area contributed by atoms with Gasteiger partial charge in [-0.15, -0.1) is 0 Å². The van der Waals surface area contributed by atoms with E-state index in [0.29, 0.717) is 17.8 Å². The minimum absolute atomic E-state index is 0.0471. The molecule has 0 saturated carbocycles. The van der Waals surface area contributed by atoms with Gasteiger partial charge in [-0.1, -0.05) is 38.1 Å². The Balaban J connectivity index is 1.78. The van der Waals surface area contributed by atoms with Crippen LogP contribution in [0.15, 0.2) is 48.5 Å². The average molecular weight is 337 g/mol. The number of carbonyl (C=O) groups is 2. The first-order chi connectivity index (χ1) is 12.0. The molecule has 0 spiro atoms. The second kappa shape index (κ2) is 7.07. The number of amides is 2. The summed E-state index contributed by atoms with van der Waals surface area (Å²) >= 11 is 0. The van der Waals surface area contributed by atoms with E-state index < -0.39 is 6.04 Å². The van der Waals surface area contributed by atoms with Crippen molar-refractivity contribution in [1.82, 2.24) is 0 Å². The van der Waals surface area contributed by atoms with E-state index in [4.69, 9.17) is 5.73 Å². The van der Waals surface area contributed by atoms with Crippen molar-refractivity contribution >= 4 is 23.2 Å². The number of anilines is 2. The van der Waals surface area contributed by atoms with Crippen LogP contribution >= 0.6 is 0 Å². The number of hydrogen-bond donors (Lipinski definition) is 2. The highest BCUT2D eigenvalue weighted by Gasteiger charge is 2.25. The molecule has 0 aromatic heterocycles. The smallest absolute Gasteiger partial charge is 0.258 e.